The van der Waals surface area contributed by atoms with Crippen molar-refractivity contribution < 1.29 is 9.53 Å². The van der Waals surface area contributed by atoms with Crippen LogP contribution in [0.3, 0.4) is 0 Å². The van der Waals surface area contributed by atoms with Crippen molar-refractivity contribution in [3.63, 3.8) is 0 Å². The minimum atomic E-state index is -0.225. The predicted molar refractivity (Wildman–Crippen MR) is 121 cm³/mol. The number of nitriles is 1. The number of hydrogen-bond acceptors (Lipinski definition) is 4. The maximum Gasteiger partial charge on any atom is 0.223 e. The van der Waals surface area contributed by atoms with Gasteiger partial charge >= 0.3 is 0 Å². The highest BCUT2D eigenvalue weighted by Crippen LogP contribution is 2.61. The molecule has 1 amide bonds. The summed E-state index contributed by atoms with van der Waals surface area (Å²) in [5, 5.41) is 11.3. The molecule has 1 N–H and O–H groups in total. The normalized spacial score (nSPS) is 34.0. The highest BCUT2D eigenvalue weighted by molar-refractivity contribution is 6.37. The van der Waals surface area contributed by atoms with E-state index < -0.39 is 0 Å². The van der Waals surface area contributed by atoms with Crippen LogP contribution in [0.5, 0.6) is 5.75 Å². The molecule has 0 radical (unpaired) electrons. The van der Waals surface area contributed by atoms with Crippen LogP contribution in [0.25, 0.3) is 11.0 Å². The Balaban J connectivity index is 1.24. The lowest BCUT2D eigenvalue weighted by molar-refractivity contribution is -0.163. The molecule has 0 spiro atoms. The summed E-state index contributed by atoms with van der Waals surface area (Å²) in [6.07, 6.45) is 11.1. The second kappa shape index (κ2) is 6.87. The van der Waals surface area contributed by atoms with Crippen molar-refractivity contribution in [3.05, 3.63) is 23.0 Å². The number of aromatic nitrogens is 2. The van der Waals surface area contributed by atoms with Gasteiger partial charge < -0.3 is 14.6 Å². The zero-order valence-corrected chi connectivity index (χ0v) is 19.4. The zero-order valence-electron chi connectivity index (χ0n) is 18.7. The van der Waals surface area contributed by atoms with Gasteiger partial charge in [0.15, 0.2) is 5.75 Å². The van der Waals surface area contributed by atoms with Crippen LogP contribution in [-0.2, 0) is 4.79 Å². The van der Waals surface area contributed by atoms with Crippen LogP contribution in [0.2, 0.25) is 5.02 Å². The summed E-state index contributed by atoms with van der Waals surface area (Å²) < 4.78 is 5.93. The van der Waals surface area contributed by atoms with Crippen molar-refractivity contribution in [1.82, 2.24) is 14.9 Å². The Labute approximate surface area is 193 Å². The van der Waals surface area contributed by atoms with Crippen LogP contribution in [-0.4, -0.2) is 39.0 Å². The molecule has 3 aliphatic carbocycles. The standard InChI is InChI=1S/C25H29ClN4O2/c1-14(18-10-28-23-21(18)22(26)19(11-29-23)32-17-3-4-17)5-20(31)30-15-6-24(2)7-16(30)9-25(8-15,12-24)13-27/h10-11,14-17H,3-9,12H2,1-2H3,(H,28,29). The molecule has 4 bridgehead atoms. The second-order valence-corrected chi connectivity index (χ2v) is 11.5. The summed E-state index contributed by atoms with van der Waals surface area (Å²) in [5.41, 5.74) is 1.72. The van der Waals surface area contributed by atoms with Crippen molar-refractivity contribution in [3.8, 4) is 11.8 Å². The number of amides is 1. The molecule has 32 heavy (non-hydrogen) atoms. The Kier molecular flexibility index (Phi) is 4.37. The van der Waals surface area contributed by atoms with Gasteiger partial charge in [-0.15, -0.1) is 0 Å². The van der Waals surface area contributed by atoms with Crippen molar-refractivity contribution >= 4 is 28.5 Å². The van der Waals surface area contributed by atoms with Crippen LogP contribution in [0.15, 0.2) is 12.4 Å². The lowest BCUT2D eigenvalue weighted by Gasteiger charge is -2.63. The third kappa shape index (κ3) is 3.12. The summed E-state index contributed by atoms with van der Waals surface area (Å²) >= 11 is 6.72. The van der Waals surface area contributed by atoms with Crippen LogP contribution in [0.4, 0.5) is 0 Å². The zero-order chi connectivity index (χ0) is 22.3. The number of carbonyl (C=O) groups is 1. The van der Waals surface area contributed by atoms with Crippen LogP contribution >= 0.6 is 11.6 Å². The van der Waals surface area contributed by atoms with Gasteiger partial charge in [-0.05, 0) is 61.8 Å². The fourth-order valence-electron chi connectivity index (χ4n) is 7.06. The fraction of sp³-hybridized carbons (Fsp3) is 0.640. The van der Waals surface area contributed by atoms with Crippen molar-refractivity contribution in [2.75, 3.05) is 0 Å². The predicted octanol–water partition coefficient (Wildman–Crippen LogP) is 5.32. The number of hydrogen-bond donors (Lipinski definition) is 1. The first kappa shape index (κ1) is 20.4. The van der Waals surface area contributed by atoms with Crippen LogP contribution in [0.1, 0.15) is 76.7 Å². The number of pyridine rings is 1. The number of nitrogens with zero attached hydrogens (tertiary/aromatic N) is 3. The van der Waals surface area contributed by atoms with Crippen molar-refractivity contribution in [1.29, 1.82) is 5.26 Å². The van der Waals surface area contributed by atoms with Gasteiger partial charge in [-0.25, -0.2) is 4.98 Å². The SMILES string of the molecule is CC(CC(=O)N1C2CC3(C)CC1CC(C#N)(C2)C3)c1c[nH]c2ncc(OC3CC3)c(Cl)c12. The third-order valence-electron chi connectivity index (χ3n) is 8.25. The van der Waals surface area contributed by atoms with Gasteiger partial charge in [0.25, 0.3) is 0 Å². The van der Waals surface area contributed by atoms with E-state index in [0.29, 0.717) is 17.2 Å². The molecule has 2 aromatic rings. The Morgan fingerprint density at radius 2 is 2.09 bits per heavy atom. The Hall–Kier alpha value is -2.26. The molecule has 7 rings (SSSR count). The van der Waals surface area contributed by atoms with E-state index in [0.717, 1.165) is 61.5 Å². The molecule has 3 unspecified atom stereocenters. The Morgan fingerprint density at radius 3 is 2.75 bits per heavy atom. The van der Waals surface area contributed by atoms with E-state index in [2.05, 4.69) is 34.8 Å². The Bertz CT molecular complexity index is 1130. The molecular formula is C25H29ClN4O2. The number of halogens is 1. The molecule has 7 heteroatoms. The largest absolute Gasteiger partial charge is 0.487 e. The second-order valence-electron chi connectivity index (χ2n) is 11.1. The van der Waals surface area contributed by atoms with Gasteiger partial charge in [0.05, 0.1) is 28.8 Å². The summed E-state index contributed by atoms with van der Waals surface area (Å²) in [5.74, 6) is 0.831. The highest BCUT2D eigenvalue weighted by atomic mass is 35.5. The van der Waals surface area contributed by atoms with E-state index in [1.807, 2.05) is 6.20 Å². The molecule has 3 saturated carbocycles. The number of piperidine rings is 2. The molecule has 3 atom stereocenters. The first-order valence-electron chi connectivity index (χ1n) is 11.8. The molecule has 2 aliphatic heterocycles. The molecule has 6 nitrogen and oxygen atoms in total. The van der Waals surface area contributed by atoms with Gasteiger partial charge in [0.1, 0.15) is 5.65 Å². The van der Waals surface area contributed by atoms with Gasteiger partial charge in [-0.2, -0.15) is 5.26 Å². The first-order valence-corrected chi connectivity index (χ1v) is 12.2. The third-order valence-corrected chi connectivity index (χ3v) is 8.63. The highest BCUT2D eigenvalue weighted by Gasteiger charge is 2.60. The van der Waals surface area contributed by atoms with E-state index in [1.165, 1.54) is 0 Å². The molecule has 5 aliphatic rings. The maximum absolute atomic E-state index is 13.5. The molecule has 0 aromatic carbocycles. The van der Waals surface area contributed by atoms with Crippen molar-refractivity contribution in [2.24, 2.45) is 10.8 Å². The topological polar surface area (TPSA) is 82.0 Å². The summed E-state index contributed by atoms with van der Waals surface area (Å²) in [6, 6.07) is 3.03. The summed E-state index contributed by atoms with van der Waals surface area (Å²) in [6.45, 7) is 4.39. The van der Waals surface area contributed by atoms with Crippen LogP contribution in [0, 0.1) is 22.2 Å². The quantitative estimate of drug-likeness (QED) is 0.665. The van der Waals surface area contributed by atoms with E-state index in [4.69, 9.17) is 16.3 Å². The lowest BCUT2D eigenvalue weighted by Crippen LogP contribution is -2.65. The van der Waals surface area contributed by atoms with E-state index in [9.17, 15) is 10.1 Å². The number of aromatic amines is 1. The van der Waals surface area contributed by atoms with Gasteiger partial charge in [-0.1, -0.05) is 25.4 Å². The lowest BCUT2D eigenvalue weighted by atomic mass is 9.50. The number of carbonyl (C=O) groups excluding carboxylic acids is 1. The van der Waals surface area contributed by atoms with E-state index in [-0.39, 0.29) is 40.8 Å². The van der Waals surface area contributed by atoms with Crippen molar-refractivity contribution in [2.45, 2.75) is 89.3 Å². The molecule has 5 fully saturated rings. The minimum Gasteiger partial charge on any atom is -0.487 e. The molecule has 4 heterocycles. The first-order chi connectivity index (χ1) is 15.3. The molecule has 168 valence electrons. The smallest absolute Gasteiger partial charge is 0.223 e. The minimum absolute atomic E-state index is 0.00410. The van der Waals surface area contributed by atoms with Crippen LogP contribution < -0.4 is 4.74 Å². The maximum atomic E-state index is 13.5. The molecule has 2 saturated heterocycles. The number of ether oxygens (including phenoxy) is 1. The number of fused-ring (bicyclic) bond motifs is 1. The number of H-pyrrole nitrogens is 1. The summed E-state index contributed by atoms with van der Waals surface area (Å²) in [4.78, 5) is 23.4. The van der Waals surface area contributed by atoms with E-state index >= 15 is 0 Å². The van der Waals surface area contributed by atoms with Gasteiger partial charge in [0.2, 0.25) is 5.91 Å². The Morgan fingerprint density at radius 1 is 1.38 bits per heavy atom. The average Bonchev–Trinajstić information content (AvgIpc) is 3.43. The molecule has 2 aromatic heterocycles. The monoisotopic (exact) mass is 452 g/mol. The fourth-order valence-corrected chi connectivity index (χ4v) is 7.35. The van der Waals surface area contributed by atoms with E-state index in [1.54, 1.807) is 6.20 Å². The average molecular weight is 453 g/mol. The number of rotatable bonds is 5. The van der Waals surface area contributed by atoms with Gasteiger partial charge in [0, 0.05) is 30.1 Å². The molecular weight excluding hydrogens is 424 g/mol. The summed E-state index contributed by atoms with van der Waals surface area (Å²) in [7, 11) is 0. The van der Waals surface area contributed by atoms with Gasteiger partial charge in [-0.3, -0.25) is 4.79 Å². The number of nitrogens with one attached hydrogen (secondary N) is 1.